The number of hydrogen-bond donors (Lipinski definition) is 1. The molecule has 0 radical (unpaired) electrons. The van der Waals surface area contributed by atoms with Crippen LogP contribution in [0, 0.1) is 12.7 Å². The number of ether oxygens (including phenoxy) is 1. The number of nitrogens with one attached hydrogen (secondary N) is 1. The summed E-state index contributed by atoms with van der Waals surface area (Å²) in [6, 6.07) is 11.2. The van der Waals surface area contributed by atoms with Crippen LogP contribution in [-0.4, -0.2) is 13.7 Å². The van der Waals surface area contributed by atoms with E-state index in [0.29, 0.717) is 4.47 Å². The topological polar surface area (TPSA) is 21.3 Å². The Labute approximate surface area is 133 Å². The van der Waals surface area contributed by atoms with E-state index in [1.54, 1.807) is 7.11 Å². The summed E-state index contributed by atoms with van der Waals surface area (Å²) < 4.78 is 19.2. The number of methoxy groups -OCH3 is 1. The first-order chi connectivity index (χ1) is 10.1. The van der Waals surface area contributed by atoms with Gasteiger partial charge in [0.1, 0.15) is 11.6 Å². The highest BCUT2D eigenvalue weighted by Crippen LogP contribution is 2.29. The summed E-state index contributed by atoms with van der Waals surface area (Å²) in [6.45, 7) is 4.90. The van der Waals surface area contributed by atoms with Gasteiger partial charge >= 0.3 is 0 Å². The molecule has 0 aliphatic rings. The molecule has 112 valence electrons. The summed E-state index contributed by atoms with van der Waals surface area (Å²) in [5.41, 5.74) is 3.24. The van der Waals surface area contributed by atoms with E-state index in [0.717, 1.165) is 29.0 Å². The fourth-order valence-corrected chi connectivity index (χ4v) is 2.80. The van der Waals surface area contributed by atoms with Crippen molar-refractivity contribution in [1.82, 2.24) is 5.32 Å². The van der Waals surface area contributed by atoms with Gasteiger partial charge < -0.3 is 10.1 Å². The Hall–Kier alpha value is -1.39. The largest absolute Gasteiger partial charge is 0.496 e. The molecular weight excluding hydrogens is 333 g/mol. The van der Waals surface area contributed by atoms with Gasteiger partial charge in [-0.05, 0) is 64.3 Å². The highest BCUT2D eigenvalue weighted by atomic mass is 79.9. The first-order valence-corrected chi connectivity index (χ1v) is 7.69. The molecule has 21 heavy (non-hydrogen) atoms. The molecule has 0 saturated carbocycles. The first-order valence-electron chi connectivity index (χ1n) is 6.89. The third kappa shape index (κ3) is 3.63. The molecule has 2 aromatic carbocycles. The molecule has 2 aromatic rings. The lowest BCUT2D eigenvalue weighted by atomic mass is 9.97. The monoisotopic (exact) mass is 351 g/mol. The lowest BCUT2D eigenvalue weighted by molar-refractivity contribution is 0.411. The standard InChI is InChI=1S/C17H19BrFNO/c1-4-20-17(13-5-7-15(19)14(18)10-13)12-6-8-16(21-3)11(2)9-12/h5-10,17,20H,4H2,1-3H3. The summed E-state index contributed by atoms with van der Waals surface area (Å²) in [4.78, 5) is 0. The predicted octanol–water partition coefficient (Wildman–Crippen LogP) is 4.60. The quantitative estimate of drug-likeness (QED) is 0.849. The zero-order chi connectivity index (χ0) is 15.4. The Kier molecular flexibility index (Phi) is 5.37. The summed E-state index contributed by atoms with van der Waals surface area (Å²) >= 11 is 3.25. The van der Waals surface area contributed by atoms with Crippen LogP contribution in [0.1, 0.15) is 29.7 Å². The van der Waals surface area contributed by atoms with Gasteiger partial charge in [0.15, 0.2) is 0 Å². The Morgan fingerprint density at radius 1 is 1.19 bits per heavy atom. The van der Waals surface area contributed by atoms with Crippen molar-refractivity contribution in [3.8, 4) is 5.75 Å². The van der Waals surface area contributed by atoms with Gasteiger partial charge in [-0.2, -0.15) is 0 Å². The van der Waals surface area contributed by atoms with Crippen molar-refractivity contribution in [2.75, 3.05) is 13.7 Å². The lowest BCUT2D eigenvalue weighted by Gasteiger charge is -2.20. The van der Waals surface area contributed by atoms with Crippen LogP contribution < -0.4 is 10.1 Å². The molecule has 0 aromatic heterocycles. The summed E-state index contributed by atoms with van der Waals surface area (Å²) in [7, 11) is 1.67. The molecule has 0 spiro atoms. The molecule has 1 atom stereocenters. The summed E-state index contributed by atoms with van der Waals surface area (Å²) in [6.07, 6.45) is 0. The van der Waals surface area contributed by atoms with Gasteiger partial charge in [0, 0.05) is 0 Å². The predicted molar refractivity (Wildman–Crippen MR) is 87.4 cm³/mol. The zero-order valence-corrected chi connectivity index (χ0v) is 14.0. The van der Waals surface area contributed by atoms with Crippen molar-refractivity contribution in [1.29, 1.82) is 0 Å². The van der Waals surface area contributed by atoms with Gasteiger partial charge in [-0.3, -0.25) is 0 Å². The van der Waals surface area contributed by atoms with Gasteiger partial charge in [0.05, 0.1) is 17.6 Å². The Bertz CT molecular complexity index is 630. The number of rotatable bonds is 5. The normalized spacial score (nSPS) is 12.2. The van der Waals surface area contributed by atoms with E-state index < -0.39 is 0 Å². The van der Waals surface area contributed by atoms with Gasteiger partial charge in [-0.1, -0.05) is 25.1 Å². The molecule has 0 amide bonds. The molecule has 2 rings (SSSR count). The van der Waals surface area contributed by atoms with Gasteiger partial charge in [0.25, 0.3) is 0 Å². The van der Waals surface area contributed by atoms with Crippen LogP contribution in [0.15, 0.2) is 40.9 Å². The smallest absolute Gasteiger partial charge is 0.137 e. The second-order valence-electron chi connectivity index (χ2n) is 4.89. The van der Waals surface area contributed by atoms with Crippen LogP contribution in [0.4, 0.5) is 4.39 Å². The van der Waals surface area contributed by atoms with Gasteiger partial charge in [0.2, 0.25) is 0 Å². The van der Waals surface area contributed by atoms with E-state index in [4.69, 9.17) is 4.74 Å². The molecule has 0 fully saturated rings. The molecule has 0 heterocycles. The molecule has 4 heteroatoms. The maximum absolute atomic E-state index is 13.4. The van der Waals surface area contributed by atoms with E-state index >= 15 is 0 Å². The van der Waals surface area contributed by atoms with Crippen LogP contribution in [0.2, 0.25) is 0 Å². The van der Waals surface area contributed by atoms with Crippen molar-refractivity contribution >= 4 is 15.9 Å². The van der Waals surface area contributed by atoms with Crippen molar-refractivity contribution in [2.24, 2.45) is 0 Å². The van der Waals surface area contributed by atoms with Crippen LogP contribution in [0.5, 0.6) is 5.75 Å². The minimum absolute atomic E-state index is 0.0245. The second-order valence-corrected chi connectivity index (χ2v) is 5.75. The summed E-state index contributed by atoms with van der Waals surface area (Å²) in [5.74, 6) is 0.620. The van der Waals surface area contributed by atoms with E-state index in [-0.39, 0.29) is 11.9 Å². The Morgan fingerprint density at radius 3 is 2.43 bits per heavy atom. The molecule has 0 aliphatic carbocycles. The van der Waals surface area contributed by atoms with E-state index in [9.17, 15) is 4.39 Å². The third-order valence-corrected chi connectivity index (χ3v) is 4.05. The lowest BCUT2D eigenvalue weighted by Crippen LogP contribution is -2.22. The van der Waals surface area contributed by atoms with Crippen molar-refractivity contribution < 1.29 is 9.13 Å². The molecule has 1 unspecified atom stereocenters. The molecule has 0 bridgehead atoms. The zero-order valence-electron chi connectivity index (χ0n) is 12.4. The minimum Gasteiger partial charge on any atom is -0.496 e. The van der Waals surface area contributed by atoms with E-state index in [2.05, 4.69) is 34.2 Å². The fraction of sp³-hybridized carbons (Fsp3) is 0.294. The van der Waals surface area contributed by atoms with Gasteiger partial charge in [-0.25, -0.2) is 4.39 Å². The van der Waals surface area contributed by atoms with E-state index in [1.807, 2.05) is 31.2 Å². The number of aryl methyl sites for hydroxylation is 1. The van der Waals surface area contributed by atoms with Crippen LogP contribution in [0.25, 0.3) is 0 Å². The van der Waals surface area contributed by atoms with Crippen LogP contribution in [-0.2, 0) is 0 Å². The highest BCUT2D eigenvalue weighted by molar-refractivity contribution is 9.10. The maximum Gasteiger partial charge on any atom is 0.137 e. The van der Waals surface area contributed by atoms with Crippen molar-refractivity contribution in [3.63, 3.8) is 0 Å². The molecular formula is C17H19BrFNO. The summed E-state index contributed by atoms with van der Waals surface area (Å²) in [5, 5.41) is 3.44. The highest BCUT2D eigenvalue weighted by Gasteiger charge is 2.15. The Morgan fingerprint density at radius 2 is 1.86 bits per heavy atom. The van der Waals surface area contributed by atoms with Crippen LogP contribution in [0.3, 0.4) is 0 Å². The van der Waals surface area contributed by atoms with Gasteiger partial charge in [-0.15, -0.1) is 0 Å². The van der Waals surface area contributed by atoms with Crippen molar-refractivity contribution in [3.05, 3.63) is 63.4 Å². The number of hydrogen-bond acceptors (Lipinski definition) is 2. The average molecular weight is 352 g/mol. The van der Waals surface area contributed by atoms with Crippen LogP contribution >= 0.6 is 15.9 Å². The molecule has 0 aliphatic heterocycles. The first kappa shape index (κ1) is 16.0. The maximum atomic E-state index is 13.4. The fourth-order valence-electron chi connectivity index (χ4n) is 2.41. The Balaban J connectivity index is 2.42. The SMILES string of the molecule is CCNC(c1ccc(OC)c(C)c1)c1ccc(F)c(Br)c1. The average Bonchev–Trinajstić information content (AvgIpc) is 2.48. The molecule has 2 nitrogen and oxygen atoms in total. The minimum atomic E-state index is -0.250. The number of halogens is 2. The molecule has 0 saturated heterocycles. The van der Waals surface area contributed by atoms with Crippen molar-refractivity contribution in [2.45, 2.75) is 19.9 Å². The molecule has 1 N–H and O–H groups in total. The van der Waals surface area contributed by atoms with E-state index in [1.165, 1.54) is 6.07 Å². The number of benzene rings is 2. The third-order valence-electron chi connectivity index (χ3n) is 3.44. The second kappa shape index (κ2) is 7.05.